The van der Waals surface area contributed by atoms with Crippen LogP contribution in [0.15, 0.2) is 84.9 Å². The molecule has 0 radical (unpaired) electrons. The van der Waals surface area contributed by atoms with Crippen LogP contribution < -0.4 is 10.1 Å². The molecule has 0 saturated carbocycles. The average Bonchev–Trinajstić information content (AvgIpc) is 2.91. The number of aryl methyl sites for hydroxylation is 1. The molecule has 0 fully saturated rings. The van der Waals surface area contributed by atoms with Gasteiger partial charge < -0.3 is 15.2 Å². The molecular weight excluding hydrogens is 472 g/mol. The van der Waals surface area contributed by atoms with Crippen LogP contribution in [0.25, 0.3) is 10.8 Å². The number of nitrogens with zero attached hydrogens (tertiary/aromatic N) is 1. The lowest BCUT2D eigenvalue weighted by molar-refractivity contribution is -0.384. The Balaban J connectivity index is 1.49. The number of aromatic carboxylic acids is 1. The molecule has 4 aromatic carbocycles. The van der Waals surface area contributed by atoms with Crippen molar-refractivity contribution in [1.29, 1.82) is 0 Å². The highest BCUT2D eigenvalue weighted by atomic mass is 16.6. The summed E-state index contributed by atoms with van der Waals surface area (Å²) in [7, 11) is 1.63. The number of hydrogen-bond donors (Lipinski definition) is 2. The zero-order valence-corrected chi connectivity index (χ0v) is 20.2. The molecule has 0 spiro atoms. The third-order valence-corrected chi connectivity index (χ3v) is 6.19. The molecular formula is C29H26N2O6. The highest BCUT2D eigenvalue weighted by Crippen LogP contribution is 2.28. The van der Waals surface area contributed by atoms with Crippen LogP contribution in [0.5, 0.6) is 5.75 Å². The van der Waals surface area contributed by atoms with Crippen molar-refractivity contribution in [2.24, 2.45) is 0 Å². The van der Waals surface area contributed by atoms with Crippen molar-refractivity contribution < 1.29 is 24.4 Å². The molecule has 0 heterocycles. The minimum Gasteiger partial charge on any atom is -0.497 e. The van der Waals surface area contributed by atoms with Crippen LogP contribution in [-0.4, -0.2) is 28.9 Å². The van der Waals surface area contributed by atoms with E-state index in [2.05, 4.69) is 11.4 Å². The second kappa shape index (κ2) is 11.3. The van der Waals surface area contributed by atoms with Crippen molar-refractivity contribution in [3.8, 4) is 5.75 Å². The summed E-state index contributed by atoms with van der Waals surface area (Å²) in [6.07, 6.45) is 0.995. The van der Waals surface area contributed by atoms with E-state index in [0.717, 1.165) is 22.1 Å². The quantitative estimate of drug-likeness (QED) is 0.187. The average molecular weight is 499 g/mol. The lowest BCUT2D eigenvalue weighted by Gasteiger charge is -2.20. The molecule has 0 aliphatic rings. The fourth-order valence-corrected chi connectivity index (χ4v) is 4.19. The molecule has 2 N–H and O–H groups in total. The molecule has 0 amide bonds. The number of fused-ring (bicyclic) bond motifs is 1. The number of nitro groups is 1. The van der Waals surface area contributed by atoms with Gasteiger partial charge in [-0.3, -0.25) is 14.9 Å². The van der Waals surface area contributed by atoms with Crippen molar-refractivity contribution >= 4 is 33.9 Å². The monoisotopic (exact) mass is 498 g/mol. The Morgan fingerprint density at radius 2 is 1.70 bits per heavy atom. The van der Waals surface area contributed by atoms with Gasteiger partial charge in [0.2, 0.25) is 0 Å². The Morgan fingerprint density at radius 3 is 2.41 bits per heavy atom. The van der Waals surface area contributed by atoms with Gasteiger partial charge in [0, 0.05) is 30.7 Å². The molecule has 1 unspecified atom stereocenters. The molecule has 1 atom stereocenters. The number of carbonyl (C=O) groups excluding carboxylic acids is 1. The summed E-state index contributed by atoms with van der Waals surface area (Å²) in [6, 6.07) is 23.7. The Labute approximate surface area is 213 Å². The molecule has 37 heavy (non-hydrogen) atoms. The fourth-order valence-electron chi connectivity index (χ4n) is 4.19. The number of carboxylic acid groups (broad SMARTS) is 1. The number of rotatable bonds is 11. The second-order valence-electron chi connectivity index (χ2n) is 8.72. The van der Waals surface area contributed by atoms with Crippen LogP contribution in [0.1, 0.15) is 40.4 Å². The molecule has 8 heteroatoms. The first-order valence-electron chi connectivity index (χ1n) is 11.7. The Bertz CT molecular complexity index is 1450. The third kappa shape index (κ3) is 6.49. The van der Waals surface area contributed by atoms with Gasteiger partial charge in [-0.25, -0.2) is 4.79 Å². The molecule has 8 nitrogen and oxygen atoms in total. The van der Waals surface area contributed by atoms with Crippen LogP contribution in [-0.2, 0) is 11.2 Å². The molecule has 0 bridgehead atoms. The second-order valence-corrected chi connectivity index (χ2v) is 8.72. The smallest absolute Gasteiger partial charge is 0.335 e. The number of nitro benzene ring substituents is 1. The van der Waals surface area contributed by atoms with Crippen molar-refractivity contribution in [2.45, 2.75) is 25.3 Å². The number of non-ortho nitro benzene ring substituents is 1. The maximum atomic E-state index is 13.0. The summed E-state index contributed by atoms with van der Waals surface area (Å²) in [4.78, 5) is 35.0. The predicted molar refractivity (Wildman–Crippen MR) is 141 cm³/mol. The van der Waals surface area contributed by atoms with Crippen molar-refractivity contribution in [3.63, 3.8) is 0 Å². The number of anilines is 1. The van der Waals surface area contributed by atoms with E-state index in [9.17, 15) is 19.7 Å². The summed E-state index contributed by atoms with van der Waals surface area (Å²) in [5.41, 5.74) is 2.33. The van der Waals surface area contributed by atoms with Crippen LogP contribution in [0.3, 0.4) is 0 Å². The van der Waals surface area contributed by atoms with Gasteiger partial charge in [-0.1, -0.05) is 36.4 Å². The molecule has 0 saturated heterocycles. The number of hydrogen-bond acceptors (Lipinski definition) is 6. The lowest BCUT2D eigenvalue weighted by atomic mass is 9.96. The zero-order chi connectivity index (χ0) is 26.4. The largest absolute Gasteiger partial charge is 0.497 e. The van der Waals surface area contributed by atoms with E-state index >= 15 is 0 Å². The van der Waals surface area contributed by atoms with Crippen LogP contribution in [0.2, 0.25) is 0 Å². The minimum absolute atomic E-state index is 0.000917. The number of ether oxygens (including phenoxy) is 1. The summed E-state index contributed by atoms with van der Waals surface area (Å²) >= 11 is 0. The van der Waals surface area contributed by atoms with Gasteiger partial charge in [0.25, 0.3) is 5.69 Å². The number of nitrogens with one attached hydrogen (secondary N) is 1. The summed E-state index contributed by atoms with van der Waals surface area (Å²) in [5, 5.41) is 25.8. The SMILES string of the molecule is COc1ccc2cc(CCC(=O)CC(Nc3ccc(C(=O)O)cc3)c3cccc([N+](=O)[O-])c3)ccc2c1. The highest BCUT2D eigenvalue weighted by Gasteiger charge is 2.19. The number of benzene rings is 4. The van der Waals surface area contributed by atoms with Gasteiger partial charge in [-0.05, 0) is 64.7 Å². The van der Waals surface area contributed by atoms with E-state index in [1.165, 1.54) is 24.3 Å². The number of carboxylic acids is 1. The van der Waals surface area contributed by atoms with E-state index in [0.29, 0.717) is 24.1 Å². The van der Waals surface area contributed by atoms with Crippen LogP contribution >= 0.6 is 0 Å². The van der Waals surface area contributed by atoms with E-state index < -0.39 is 16.9 Å². The van der Waals surface area contributed by atoms with E-state index in [1.54, 1.807) is 31.4 Å². The Morgan fingerprint density at radius 1 is 0.973 bits per heavy atom. The summed E-state index contributed by atoms with van der Waals surface area (Å²) in [5.74, 6) is -0.251. The molecule has 0 aromatic heterocycles. The summed E-state index contributed by atoms with van der Waals surface area (Å²) < 4.78 is 5.27. The molecule has 0 aliphatic carbocycles. The number of Topliss-reactive ketones (excluding diaryl/α,β-unsaturated/α-hetero) is 1. The van der Waals surface area contributed by atoms with E-state index in [4.69, 9.17) is 9.84 Å². The van der Waals surface area contributed by atoms with Gasteiger partial charge in [-0.15, -0.1) is 0 Å². The van der Waals surface area contributed by atoms with Crippen molar-refractivity contribution in [2.75, 3.05) is 12.4 Å². The highest BCUT2D eigenvalue weighted by molar-refractivity contribution is 5.88. The standard InChI is InChI=1S/C29H26N2O6/c1-37-27-14-10-21-15-19(5-7-22(21)17-27)6-13-26(32)18-28(23-3-2-4-25(16-23)31(35)36)30-24-11-8-20(9-12-24)29(33)34/h2-5,7-12,14-17,28,30H,6,13,18H2,1H3,(H,33,34). The number of carbonyl (C=O) groups is 2. The van der Waals surface area contributed by atoms with Gasteiger partial charge in [0.1, 0.15) is 11.5 Å². The number of methoxy groups -OCH3 is 1. The molecule has 4 rings (SSSR count). The first-order valence-corrected chi connectivity index (χ1v) is 11.7. The first-order chi connectivity index (χ1) is 17.8. The van der Waals surface area contributed by atoms with Crippen LogP contribution in [0.4, 0.5) is 11.4 Å². The topological polar surface area (TPSA) is 119 Å². The van der Waals surface area contributed by atoms with Crippen molar-refractivity contribution in [1.82, 2.24) is 0 Å². The number of ketones is 1. The maximum absolute atomic E-state index is 13.0. The van der Waals surface area contributed by atoms with Gasteiger partial charge >= 0.3 is 5.97 Å². The van der Waals surface area contributed by atoms with Crippen molar-refractivity contribution in [3.05, 3.63) is 112 Å². The maximum Gasteiger partial charge on any atom is 0.335 e. The predicted octanol–water partition coefficient (Wildman–Crippen LogP) is 6.20. The van der Waals surface area contributed by atoms with Crippen LogP contribution in [0, 0.1) is 10.1 Å². The normalized spacial score (nSPS) is 11.6. The molecule has 0 aliphatic heterocycles. The lowest BCUT2D eigenvalue weighted by Crippen LogP contribution is -2.16. The zero-order valence-electron chi connectivity index (χ0n) is 20.2. The van der Waals surface area contributed by atoms with Gasteiger partial charge in [0.15, 0.2) is 0 Å². The van der Waals surface area contributed by atoms with Gasteiger partial charge in [-0.2, -0.15) is 0 Å². The Hall–Kier alpha value is -4.72. The van der Waals surface area contributed by atoms with E-state index in [1.807, 2.05) is 30.3 Å². The first kappa shape index (κ1) is 25.4. The summed E-state index contributed by atoms with van der Waals surface area (Å²) in [6.45, 7) is 0. The minimum atomic E-state index is -1.04. The third-order valence-electron chi connectivity index (χ3n) is 6.19. The molecule has 188 valence electrons. The molecule has 4 aromatic rings. The Kier molecular flexibility index (Phi) is 7.78. The van der Waals surface area contributed by atoms with E-state index in [-0.39, 0.29) is 23.5 Å². The van der Waals surface area contributed by atoms with Gasteiger partial charge in [0.05, 0.1) is 23.6 Å². The fraction of sp³-hybridized carbons (Fsp3) is 0.172.